The van der Waals surface area contributed by atoms with Crippen LogP contribution < -0.4 is 4.90 Å². The van der Waals surface area contributed by atoms with E-state index < -0.39 is 0 Å². The Bertz CT molecular complexity index is 296. The summed E-state index contributed by atoms with van der Waals surface area (Å²) in [6, 6.07) is 8.01. The Morgan fingerprint density at radius 2 is 2.21 bits per heavy atom. The van der Waals surface area contributed by atoms with Crippen LogP contribution in [0.1, 0.15) is 25.3 Å². The third kappa shape index (κ3) is 2.87. The zero-order chi connectivity index (χ0) is 10.4. The van der Waals surface area contributed by atoms with Crippen LogP contribution in [0.5, 0.6) is 0 Å². The van der Waals surface area contributed by atoms with E-state index in [1.165, 1.54) is 5.56 Å². The Kier molecular flexibility index (Phi) is 4.17. The van der Waals surface area contributed by atoms with E-state index in [9.17, 15) is 4.79 Å². The molecular formula is C12H17NO. The molecule has 0 aliphatic heterocycles. The number of benzene rings is 1. The molecule has 1 aromatic rings. The molecule has 0 heterocycles. The highest BCUT2D eigenvalue weighted by molar-refractivity contribution is 5.75. The molecule has 0 aliphatic rings. The molecule has 0 bridgehead atoms. The maximum Gasteiger partial charge on any atom is 0.214 e. The number of rotatable bonds is 5. The number of hydrogen-bond donors (Lipinski definition) is 0. The van der Waals surface area contributed by atoms with Crippen molar-refractivity contribution in [3.05, 3.63) is 29.8 Å². The van der Waals surface area contributed by atoms with Gasteiger partial charge >= 0.3 is 0 Å². The molecule has 0 fully saturated rings. The predicted octanol–water partition coefficient (Wildman–Crippen LogP) is 2.76. The molecule has 76 valence electrons. The Balaban J connectivity index is 2.73. The Morgan fingerprint density at radius 1 is 1.43 bits per heavy atom. The van der Waals surface area contributed by atoms with Gasteiger partial charge in [0.05, 0.1) is 0 Å². The molecule has 0 atom stereocenters. The third-order valence-electron chi connectivity index (χ3n) is 2.21. The first-order valence-corrected chi connectivity index (χ1v) is 5.06. The molecule has 14 heavy (non-hydrogen) atoms. The number of unbranched alkanes of at least 4 members (excludes halogenated alkanes) is 1. The van der Waals surface area contributed by atoms with E-state index in [0.29, 0.717) is 0 Å². The molecule has 0 saturated carbocycles. The molecule has 1 amide bonds. The Labute approximate surface area is 85.5 Å². The van der Waals surface area contributed by atoms with E-state index in [1.54, 1.807) is 4.90 Å². The van der Waals surface area contributed by atoms with E-state index in [-0.39, 0.29) is 0 Å². The number of amides is 1. The van der Waals surface area contributed by atoms with Crippen LogP contribution in [0.25, 0.3) is 0 Å². The monoisotopic (exact) mass is 191 g/mol. The zero-order valence-corrected chi connectivity index (χ0v) is 8.86. The largest absolute Gasteiger partial charge is 0.315 e. The summed E-state index contributed by atoms with van der Waals surface area (Å²) < 4.78 is 0. The van der Waals surface area contributed by atoms with Crippen LogP contribution in [0.15, 0.2) is 24.3 Å². The first-order valence-electron chi connectivity index (χ1n) is 5.06. The topological polar surface area (TPSA) is 20.3 Å². The van der Waals surface area contributed by atoms with Crippen LogP contribution in [-0.4, -0.2) is 13.0 Å². The van der Waals surface area contributed by atoms with Gasteiger partial charge in [0.15, 0.2) is 0 Å². The van der Waals surface area contributed by atoms with E-state index >= 15 is 0 Å². The first kappa shape index (κ1) is 10.8. The van der Waals surface area contributed by atoms with Crippen molar-refractivity contribution in [1.29, 1.82) is 0 Å². The van der Waals surface area contributed by atoms with Crippen molar-refractivity contribution in [3.8, 4) is 0 Å². The Morgan fingerprint density at radius 3 is 2.79 bits per heavy atom. The molecule has 2 heteroatoms. The van der Waals surface area contributed by atoms with Crippen LogP contribution in [0, 0.1) is 6.92 Å². The second-order valence-electron chi connectivity index (χ2n) is 3.49. The van der Waals surface area contributed by atoms with Crippen molar-refractivity contribution >= 4 is 12.1 Å². The summed E-state index contributed by atoms with van der Waals surface area (Å²) in [5.74, 6) is 0. The van der Waals surface area contributed by atoms with Gasteiger partial charge in [-0.15, -0.1) is 0 Å². The van der Waals surface area contributed by atoms with Crippen LogP contribution in [-0.2, 0) is 4.79 Å². The molecule has 0 aliphatic carbocycles. The quantitative estimate of drug-likeness (QED) is 0.655. The summed E-state index contributed by atoms with van der Waals surface area (Å²) in [6.45, 7) is 4.97. The van der Waals surface area contributed by atoms with Crippen LogP contribution in [0.3, 0.4) is 0 Å². The van der Waals surface area contributed by atoms with Gasteiger partial charge in [-0.25, -0.2) is 0 Å². The number of carbonyl (C=O) groups is 1. The standard InChI is InChI=1S/C12H17NO/c1-3-4-8-13(10-14)12-7-5-6-11(2)9-12/h5-7,9-10H,3-4,8H2,1-2H3. The lowest BCUT2D eigenvalue weighted by Crippen LogP contribution is -2.22. The summed E-state index contributed by atoms with van der Waals surface area (Å²) in [7, 11) is 0. The predicted molar refractivity (Wildman–Crippen MR) is 59.5 cm³/mol. The van der Waals surface area contributed by atoms with Gasteiger partial charge in [-0.2, -0.15) is 0 Å². The maximum absolute atomic E-state index is 10.8. The SMILES string of the molecule is CCCCN(C=O)c1cccc(C)c1. The molecule has 0 spiro atoms. The highest BCUT2D eigenvalue weighted by atomic mass is 16.1. The van der Waals surface area contributed by atoms with E-state index in [0.717, 1.165) is 31.5 Å². The number of carbonyl (C=O) groups excluding carboxylic acids is 1. The van der Waals surface area contributed by atoms with E-state index in [1.807, 2.05) is 31.2 Å². The minimum atomic E-state index is 0.809. The summed E-state index contributed by atoms with van der Waals surface area (Å²) in [4.78, 5) is 12.6. The zero-order valence-electron chi connectivity index (χ0n) is 8.86. The van der Waals surface area contributed by atoms with Crippen molar-refractivity contribution in [3.63, 3.8) is 0 Å². The van der Waals surface area contributed by atoms with Crippen molar-refractivity contribution in [2.24, 2.45) is 0 Å². The fourth-order valence-electron chi connectivity index (χ4n) is 1.38. The van der Waals surface area contributed by atoms with Crippen LogP contribution in [0.4, 0.5) is 5.69 Å². The molecule has 0 N–H and O–H groups in total. The molecule has 1 rings (SSSR count). The fraction of sp³-hybridized carbons (Fsp3) is 0.417. The lowest BCUT2D eigenvalue weighted by Gasteiger charge is -2.17. The highest BCUT2D eigenvalue weighted by Crippen LogP contribution is 2.14. The number of hydrogen-bond acceptors (Lipinski definition) is 1. The molecule has 0 unspecified atom stereocenters. The number of aryl methyl sites for hydroxylation is 1. The second kappa shape index (κ2) is 5.43. The first-order chi connectivity index (χ1) is 6.77. The smallest absolute Gasteiger partial charge is 0.214 e. The molecule has 0 aromatic heterocycles. The van der Waals surface area contributed by atoms with Gasteiger partial charge in [0, 0.05) is 12.2 Å². The van der Waals surface area contributed by atoms with Gasteiger partial charge in [0.25, 0.3) is 0 Å². The fourth-order valence-corrected chi connectivity index (χ4v) is 1.38. The molecule has 2 nitrogen and oxygen atoms in total. The van der Waals surface area contributed by atoms with Gasteiger partial charge in [-0.05, 0) is 31.0 Å². The molecule has 1 aromatic carbocycles. The normalized spacial score (nSPS) is 9.86. The third-order valence-corrected chi connectivity index (χ3v) is 2.21. The summed E-state index contributed by atoms with van der Waals surface area (Å²) in [6.07, 6.45) is 3.06. The summed E-state index contributed by atoms with van der Waals surface area (Å²) in [5.41, 5.74) is 2.18. The lowest BCUT2D eigenvalue weighted by molar-refractivity contribution is -0.107. The summed E-state index contributed by atoms with van der Waals surface area (Å²) in [5, 5.41) is 0. The Hall–Kier alpha value is -1.31. The highest BCUT2D eigenvalue weighted by Gasteiger charge is 2.03. The summed E-state index contributed by atoms with van der Waals surface area (Å²) >= 11 is 0. The van der Waals surface area contributed by atoms with Gasteiger partial charge in [-0.3, -0.25) is 4.79 Å². The molecular weight excluding hydrogens is 174 g/mol. The molecule has 0 saturated heterocycles. The average Bonchev–Trinajstić information content (AvgIpc) is 2.19. The van der Waals surface area contributed by atoms with E-state index in [2.05, 4.69) is 6.92 Å². The molecule has 0 radical (unpaired) electrons. The maximum atomic E-state index is 10.8. The van der Waals surface area contributed by atoms with E-state index in [4.69, 9.17) is 0 Å². The lowest BCUT2D eigenvalue weighted by atomic mass is 10.2. The van der Waals surface area contributed by atoms with Crippen molar-refractivity contribution in [1.82, 2.24) is 0 Å². The van der Waals surface area contributed by atoms with Crippen molar-refractivity contribution in [2.75, 3.05) is 11.4 Å². The minimum Gasteiger partial charge on any atom is -0.315 e. The van der Waals surface area contributed by atoms with Crippen molar-refractivity contribution in [2.45, 2.75) is 26.7 Å². The second-order valence-corrected chi connectivity index (χ2v) is 3.49. The van der Waals surface area contributed by atoms with Gasteiger partial charge in [-0.1, -0.05) is 25.5 Å². The van der Waals surface area contributed by atoms with Gasteiger partial charge < -0.3 is 4.90 Å². The van der Waals surface area contributed by atoms with Gasteiger partial charge in [0.2, 0.25) is 6.41 Å². The average molecular weight is 191 g/mol. The number of anilines is 1. The minimum absolute atomic E-state index is 0.809. The van der Waals surface area contributed by atoms with Crippen molar-refractivity contribution < 1.29 is 4.79 Å². The van der Waals surface area contributed by atoms with Crippen LogP contribution >= 0.6 is 0 Å². The van der Waals surface area contributed by atoms with Crippen LogP contribution in [0.2, 0.25) is 0 Å². The van der Waals surface area contributed by atoms with Gasteiger partial charge in [0.1, 0.15) is 0 Å². The number of nitrogens with zero attached hydrogens (tertiary/aromatic N) is 1.